The number of fused-ring (bicyclic) bond motifs is 4. The molecule has 2 atom stereocenters. The van der Waals surface area contributed by atoms with Crippen molar-refractivity contribution in [1.29, 1.82) is 0 Å². The van der Waals surface area contributed by atoms with Crippen LogP contribution in [0.4, 0.5) is 4.79 Å². The van der Waals surface area contributed by atoms with Gasteiger partial charge in [-0.15, -0.1) is 0 Å². The van der Waals surface area contributed by atoms with Crippen molar-refractivity contribution >= 4 is 18.0 Å². The summed E-state index contributed by atoms with van der Waals surface area (Å²) in [5.74, 6) is -1.19. The molecule has 4 fully saturated rings. The Morgan fingerprint density at radius 1 is 1.06 bits per heavy atom. The second kappa shape index (κ2) is 8.37. The minimum Gasteiger partial charge on any atom is -0.479 e. The van der Waals surface area contributed by atoms with Gasteiger partial charge in [0.05, 0.1) is 0 Å². The van der Waals surface area contributed by atoms with E-state index in [1.165, 1.54) is 16.0 Å². The summed E-state index contributed by atoms with van der Waals surface area (Å²) in [5, 5.41) is 12.5. The molecule has 0 aromatic heterocycles. The molecule has 2 aromatic carbocycles. The van der Waals surface area contributed by atoms with Gasteiger partial charge in [-0.1, -0.05) is 48.5 Å². The highest BCUT2D eigenvalue weighted by molar-refractivity contribution is 5.91. The minimum absolute atomic E-state index is 0.0221. The first-order valence-corrected chi connectivity index (χ1v) is 12.2. The van der Waals surface area contributed by atoms with Crippen LogP contribution in [-0.4, -0.2) is 65.9 Å². The highest BCUT2D eigenvalue weighted by Gasteiger charge is 2.64. The topological polar surface area (TPSA) is 105 Å². The summed E-state index contributed by atoms with van der Waals surface area (Å²) in [6.07, 6.45) is 0.388. The number of carboxylic acids is 1. The third-order valence-corrected chi connectivity index (χ3v) is 8.18. The Hall–Kier alpha value is -3.39. The van der Waals surface area contributed by atoms with Gasteiger partial charge in [0.2, 0.25) is 0 Å². The Balaban J connectivity index is 1.06. The molecule has 8 heteroatoms. The minimum atomic E-state index is -1.07. The Kier molecular flexibility index (Phi) is 5.29. The van der Waals surface area contributed by atoms with E-state index in [2.05, 4.69) is 29.6 Å². The third kappa shape index (κ3) is 3.50. The van der Waals surface area contributed by atoms with Gasteiger partial charge in [0, 0.05) is 31.5 Å². The van der Waals surface area contributed by atoms with Crippen molar-refractivity contribution in [3.05, 3.63) is 59.7 Å². The Bertz CT molecular complexity index is 1140. The van der Waals surface area contributed by atoms with Crippen LogP contribution in [-0.2, 0) is 19.1 Å². The number of benzene rings is 2. The lowest BCUT2D eigenvalue weighted by molar-refractivity contribution is -0.162. The number of carbonyl (C=O) groups is 3. The number of aliphatic carboxylic acids is 1. The second-order valence-electron chi connectivity index (χ2n) is 10.1. The van der Waals surface area contributed by atoms with E-state index in [1.807, 2.05) is 24.3 Å². The van der Waals surface area contributed by atoms with Gasteiger partial charge in [-0.25, -0.2) is 9.59 Å². The molecule has 3 heterocycles. The monoisotopic (exact) mass is 476 g/mol. The standard InChI is InChI=1S/C27H28N2O6/c30-24(29-14-16-11-27(29,12-16)25(31)32)23-17(9-10-34-23)13-28-26(33)35-15-22-20-7-3-1-5-18(20)19-6-2-4-8-21(19)22/h1-8,16-17,22-23H,9-15H2,(H,28,33)(H,31,32)/t16?,17-,23-,27?/m1/s1. The van der Waals surface area contributed by atoms with E-state index in [0.717, 1.165) is 11.1 Å². The van der Waals surface area contributed by atoms with Crippen molar-refractivity contribution in [2.24, 2.45) is 11.8 Å². The van der Waals surface area contributed by atoms with Crippen LogP contribution in [0.15, 0.2) is 48.5 Å². The summed E-state index contributed by atoms with van der Waals surface area (Å²) in [5.41, 5.74) is 3.56. The maximum absolute atomic E-state index is 13.2. The number of nitrogens with zero attached hydrogens (tertiary/aromatic N) is 1. The largest absolute Gasteiger partial charge is 0.479 e. The molecule has 3 saturated heterocycles. The van der Waals surface area contributed by atoms with Crippen molar-refractivity contribution < 1.29 is 29.0 Å². The molecule has 182 valence electrons. The van der Waals surface area contributed by atoms with E-state index in [1.54, 1.807) is 0 Å². The van der Waals surface area contributed by atoms with Crippen molar-refractivity contribution in [1.82, 2.24) is 10.2 Å². The van der Waals surface area contributed by atoms with E-state index >= 15 is 0 Å². The maximum atomic E-state index is 13.2. The van der Waals surface area contributed by atoms with E-state index in [4.69, 9.17) is 9.47 Å². The van der Waals surface area contributed by atoms with Crippen LogP contribution in [0.5, 0.6) is 0 Å². The Morgan fingerprint density at radius 2 is 1.71 bits per heavy atom. The lowest BCUT2D eigenvalue weighted by atomic mass is 9.73. The first-order chi connectivity index (χ1) is 17.0. The first kappa shape index (κ1) is 22.1. The number of carbonyl (C=O) groups excluding carboxylic acids is 2. The molecular formula is C27H28N2O6. The molecule has 3 aliphatic heterocycles. The predicted octanol–water partition coefficient (Wildman–Crippen LogP) is 3.01. The molecule has 8 nitrogen and oxygen atoms in total. The van der Waals surface area contributed by atoms with Gasteiger partial charge in [0.15, 0.2) is 0 Å². The fraction of sp³-hybridized carbons (Fsp3) is 0.444. The zero-order valence-electron chi connectivity index (χ0n) is 19.3. The third-order valence-electron chi connectivity index (χ3n) is 8.18. The van der Waals surface area contributed by atoms with Crippen LogP contribution < -0.4 is 5.32 Å². The summed E-state index contributed by atoms with van der Waals surface area (Å²) in [7, 11) is 0. The van der Waals surface area contributed by atoms with E-state index < -0.39 is 23.7 Å². The molecule has 2 aliphatic carbocycles. The van der Waals surface area contributed by atoms with Crippen LogP contribution >= 0.6 is 0 Å². The molecular weight excluding hydrogens is 448 g/mol. The average molecular weight is 477 g/mol. The smallest absolute Gasteiger partial charge is 0.407 e. The molecule has 0 spiro atoms. The maximum Gasteiger partial charge on any atom is 0.407 e. The summed E-state index contributed by atoms with van der Waals surface area (Å²) in [6.45, 7) is 1.34. The Labute approximate surface area is 203 Å². The van der Waals surface area contributed by atoms with Crippen LogP contribution in [0.25, 0.3) is 11.1 Å². The van der Waals surface area contributed by atoms with Crippen molar-refractivity contribution in [3.63, 3.8) is 0 Å². The quantitative estimate of drug-likeness (QED) is 0.664. The fourth-order valence-electron chi connectivity index (χ4n) is 6.40. The normalized spacial score (nSPS) is 28.2. The molecule has 35 heavy (non-hydrogen) atoms. The van der Waals surface area contributed by atoms with Gasteiger partial charge in [0.25, 0.3) is 5.91 Å². The summed E-state index contributed by atoms with van der Waals surface area (Å²) < 4.78 is 11.3. The lowest BCUT2D eigenvalue weighted by Crippen LogP contribution is -2.57. The van der Waals surface area contributed by atoms with E-state index in [-0.39, 0.29) is 36.8 Å². The molecule has 5 aliphatic rings. The van der Waals surface area contributed by atoms with Crippen molar-refractivity contribution in [2.75, 3.05) is 26.3 Å². The first-order valence-electron chi connectivity index (χ1n) is 12.2. The number of hydrogen-bond donors (Lipinski definition) is 2. The van der Waals surface area contributed by atoms with Gasteiger partial charge in [-0.05, 0) is 47.4 Å². The van der Waals surface area contributed by atoms with Crippen molar-refractivity contribution in [3.8, 4) is 11.1 Å². The molecule has 2 N–H and O–H groups in total. The van der Waals surface area contributed by atoms with Crippen LogP contribution in [0.3, 0.4) is 0 Å². The van der Waals surface area contributed by atoms with Gasteiger partial charge in [-0.2, -0.15) is 0 Å². The molecule has 0 unspecified atom stereocenters. The zero-order valence-corrected chi connectivity index (χ0v) is 19.3. The van der Waals surface area contributed by atoms with Gasteiger partial charge in [-0.3, -0.25) is 4.79 Å². The second-order valence-corrected chi connectivity index (χ2v) is 10.1. The SMILES string of the molecule is O=C(NC[C@H]1CCO[C@H]1C(=O)N1CC2CC1(C(=O)O)C2)OCC1c2ccccc2-c2ccccc21. The number of hydrogen-bond acceptors (Lipinski definition) is 5. The number of carboxylic acid groups (broad SMARTS) is 1. The van der Waals surface area contributed by atoms with E-state index in [9.17, 15) is 19.5 Å². The van der Waals surface area contributed by atoms with Crippen LogP contribution in [0, 0.1) is 11.8 Å². The molecule has 7 rings (SSSR count). The van der Waals surface area contributed by atoms with Gasteiger partial charge in [0.1, 0.15) is 18.2 Å². The van der Waals surface area contributed by atoms with Gasteiger partial charge >= 0.3 is 12.1 Å². The number of alkyl carbamates (subject to hydrolysis) is 1. The summed E-state index contributed by atoms with van der Waals surface area (Å²) in [4.78, 5) is 39.1. The summed E-state index contributed by atoms with van der Waals surface area (Å²) in [6, 6.07) is 16.3. The van der Waals surface area contributed by atoms with Crippen molar-refractivity contribution in [2.45, 2.75) is 36.8 Å². The zero-order chi connectivity index (χ0) is 24.2. The number of ether oxygens (including phenoxy) is 2. The summed E-state index contributed by atoms with van der Waals surface area (Å²) >= 11 is 0. The average Bonchev–Trinajstić information content (AvgIpc) is 3.61. The molecule has 2 bridgehead atoms. The van der Waals surface area contributed by atoms with Crippen LogP contribution in [0.1, 0.15) is 36.3 Å². The van der Waals surface area contributed by atoms with E-state index in [0.29, 0.717) is 32.4 Å². The molecule has 1 saturated carbocycles. The fourth-order valence-corrected chi connectivity index (χ4v) is 6.40. The number of rotatable bonds is 6. The lowest BCUT2D eigenvalue weighted by Gasteiger charge is -2.39. The number of nitrogens with one attached hydrogen (secondary N) is 1. The Morgan fingerprint density at radius 3 is 2.37 bits per heavy atom. The predicted molar refractivity (Wildman–Crippen MR) is 126 cm³/mol. The molecule has 2 aromatic rings. The highest BCUT2D eigenvalue weighted by Crippen LogP contribution is 2.51. The number of amides is 2. The molecule has 0 radical (unpaired) electrons. The highest BCUT2D eigenvalue weighted by atomic mass is 16.5. The van der Waals surface area contributed by atoms with Crippen LogP contribution in [0.2, 0.25) is 0 Å². The molecule has 2 amide bonds. The van der Waals surface area contributed by atoms with Gasteiger partial charge < -0.3 is 24.8 Å².